The van der Waals surface area contributed by atoms with E-state index in [0.717, 1.165) is 32.1 Å². The largest absolute Gasteiger partial charge is 0.0839 e. The highest BCUT2D eigenvalue weighted by atomic mass is 14.6. The molecular weight excluding hydrogens is 805 g/mol. The third-order valence-corrected chi connectivity index (χ3v) is 20.2. The van der Waals surface area contributed by atoms with Crippen molar-refractivity contribution < 1.29 is 0 Å². The quantitative estimate of drug-likeness (QED) is 0.246. The molecule has 67 heavy (non-hydrogen) atoms. The van der Waals surface area contributed by atoms with E-state index in [1.807, 2.05) is 0 Å². The van der Waals surface area contributed by atoms with Crippen molar-refractivity contribution >= 4 is 16.7 Å². The van der Waals surface area contributed by atoms with Gasteiger partial charge in [0, 0.05) is 28.6 Å². The Bertz CT molecular complexity index is 3220. The van der Waals surface area contributed by atoms with Crippen LogP contribution in [0.15, 0.2) is 183 Å². The SMILES string of the molecule is CC1C2=C(CCC=C2)C2=CC(C3=CC4C5=C6c7c(cc(C8=CC=C9C(C8)c8ccccc8C9(C)C)cc7C(C)(C)C6CC(C6=CC7=C(CC6)C(C)(C)c6ccccc67)=C5)C4C=C3)=CCC2C1C. The summed E-state index contributed by atoms with van der Waals surface area (Å²) in [5.41, 5.74) is 32.8. The van der Waals surface area contributed by atoms with E-state index in [9.17, 15) is 0 Å². The van der Waals surface area contributed by atoms with Gasteiger partial charge in [-0.25, -0.2) is 0 Å². The number of allylic oxidation sites excluding steroid dienone is 24. The topological polar surface area (TPSA) is 0 Å². The van der Waals surface area contributed by atoms with Gasteiger partial charge in [0.1, 0.15) is 0 Å². The molecule has 334 valence electrons. The van der Waals surface area contributed by atoms with Gasteiger partial charge >= 0.3 is 0 Å². The van der Waals surface area contributed by atoms with Gasteiger partial charge in [-0.05, 0) is 180 Å². The monoisotopic (exact) mass is 871 g/mol. The number of hydrogen-bond donors (Lipinski definition) is 0. The molecule has 3 aromatic carbocycles. The van der Waals surface area contributed by atoms with Crippen LogP contribution in [0.5, 0.6) is 0 Å². The van der Waals surface area contributed by atoms with Crippen molar-refractivity contribution in [2.24, 2.45) is 29.6 Å². The van der Waals surface area contributed by atoms with Crippen LogP contribution in [0.1, 0.15) is 157 Å². The minimum Gasteiger partial charge on any atom is -0.0839 e. The average molecular weight is 871 g/mol. The van der Waals surface area contributed by atoms with Crippen LogP contribution < -0.4 is 0 Å². The highest BCUT2D eigenvalue weighted by molar-refractivity contribution is 5.92. The van der Waals surface area contributed by atoms with Crippen molar-refractivity contribution in [2.75, 3.05) is 0 Å². The van der Waals surface area contributed by atoms with E-state index in [-0.39, 0.29) is 16.2 Å². The third-order valence-electron chi connectivity index (χ3n) is 20.2. The molecule has 0 N–H and O–H groups in total. The Kier molecular flexibility index (Phi) is 8.38. The second kappa shape index (κ2) is 13.8. The number of hydrogen-bond acceptors (Lipinski definition) is 0. The average Bonchev–Trinajstić information content (AvgIpc) is 3.84. The predicted octanol–water partition coefficient (Wildman–Crippen LogP) is 16.9. The van der Waals surface area contributed by atoms with Crippen LogP contribution in [0.4, 0.5) is 0 Å². The second-order valence-corrected chi connectivity index (χ2v) is 24.2. The van der Waals surface area contributed by atoms with E-state index in [1.54, 1.807) is 66.8 Å². The Morgan fingerprint density at radius 3 is 2.34 bits per heavy atom. The molecule has 0 radical (unpaired) electrons. The molecule has 0 nitrogen and oxygen atoms in total. The van der Waals surface area contributed by atoms with Crippen LogP contribution in [0.2, 0.25) is 0 Å². The zero-order chi connectivity index (χ0) is 45.5. The maximum atomic E-state index is 2.75. The van der Waals surface area contributed by atoms with E-state index < -0.39 is 0 Å². The molecule has 14 rings (SSSR count). The van der Waals surface area contributed by atoms with Crippen molar-refractivity contribution in [1.29, 1.82) is 0 Å². The van der Waals surface area contributed by atoms with Gasteiger partial charge in [-0.3, -0.25) is 0 Å². The first-order valence-electron chi connectivity index (χ1n) is 26.2. The first-order valence-corrected chi connectivity index (χ1v) is 26.2. The minimum atomic E-state index is 0.00370. The number of fused-ring (bicyclic) bond motifs is 10. The van der Waals surface area contributed by atoms with Crippen molar-refractivity contribution in [2.45, 2.75) is 128 Å². The van der Waals surface area contributed by atoms with E-state index in [1.165, 1.54) is 63.0 Å². The van der Waals surface area contributed by atoms with E-state index in [2.05, 4.69) is 183 Å². The molecule has 0 heterocycles. The maximum absolute atomic E-state index is 2.75. The Hall–Kier alpha value is -5.46. The lowest BCUT2D eigenvalue weighted by Crippen LogP contribution is -2.30. The molecular formula is C67H66. The highest BCUT2D eigenvalue weighted by Crippen LogP contribution is 2.65. The molecule has 0 heteroatoms. The van der Waals surface area contributed by atoms with Gasteiger partial charge in [0.15, 0.2) is 0 Å². The number of benzene rings is 3. The predicted molar refractivity (Wildman–Crippen MR) is 281 cm³/mol. The molecule has 3 aromatic rings. The van der Waals surface area contributed by atoms with Crippen LogP contribution >= 0.6 is 0 Å². The number of rotatable bonds is 3. The fraction of sp³-hybridized carbons (Fsp3) is 0.373. The third kappa shape index (κ3) is 5.43. The van der Waals surface area contributed by atoms with Crippen molar-refractivity contribution in [1.82, 2.24) is 0 Å². The molecule has 7 unspecified atom stereocenters. The summed E-state index contributed by atoms with van der Waals surface area (Å²) in [4.78, 5) is 0. The Balaban J connectivity index is 0.918. The summed E-state index contributed by atoms with van der Waals surface area (Å²) in [7, 11) is 0. The lowest BCUT2D eigenvalue weighted by Gasteiger charge is -2.42. The molecule has 0 aromatic heterocycles. The zero-order valence-corrected chi connectivity index (χ0v) is 41.1. The van der Waals surface area contributed by atoms with E-state index in [4.69, 9.17) is 0 Å². The van der Waals surface area contributed by atoms with Crippen LogP contribution in [-0.2, 0) is 16.2 Å². The van der Waals surface area contributed by atoms with Crippen molar-refractivity contribution in [3.05, 3.63) is 228 Å². The van der Waals surface area contributed by atoms with E-state index >= 15 is 0 Å². The zero-order valence-electron chi connectivity index (χ0n) is 41.1. The smallest absolute Gasteiger partial charge is 0.0134 e. The highest BCUT2D eigenvalue weighted by Gasteiger charge is 2.52. The van der Waals surface area contributed by atoms with E-state index in [0.29, 0.717) is 41.4 Å². The molecule has 11 aliphatic rings. The molecule has 7 atom stereocenters. The lowest BCUT2D eigenvalue weighted by atomic mass is 9.62. The summed E-state index contributed by atoms with van der Waals surface area (Å²) in [5, 5.41) is 0. The van der Waals surface area contributed by atoms with Gasteiger partial charge in [-0.2, -0.15) is 0 Å². The van der Waals surface area contributed by atoms with Gasteiger partial charge in [0.25, 0.3) is 0 Å². The summed E-state index contributed by atoms with van der Waals surface area (Å²) in [6, 6.07) is 23.9. The lowest BCUT2D eigenvalue weighted by molar-refractivity contribution is 0.311. The summed E-state index contributed by atoms with van der Waals surface area (Å²) < 4.78 is 0. The van der Waals surface area contributed by atoms with Crippen LogP contribution in [0, 0.1) is 29.6 Å². The first-order chi connectivity index (χ1) is 32.3. The summed E-state index contributed by atoms with van der Waals surface area (Å²) in [5.74, 6) is 3.40. The maximum Gasteiger partial charge on any atom is 0.0134 e. The molecule has 11 aliphatic carbocycles. The summed E-state index contributed by atoms with van der Waals surface area (Å²) in [6.45, 7) is 20.0. The molecule has 0 amide bonds. The first kappa shape index (κ1) is 40.6. The van der Waals surface area contributed by atoms with Gasteiger partial charge in [0.2, 0.25) is 0 Å². The van der Waals surface area contributed by atoms with Gasteiger partial charge in [0.05, 0.1) is 0 Å². The fourth-order valence-electron chi connectivity index (χ4n) is 16.3. The van der Waals surface area contributed by atoms with Gasteiger partial charge in [-0.1, -0.05) is 194 Å². The molecule has 0 fully saturated rings. The molecule has 0 saturated carbocycles. The Morgan fingerprint density at radius 2 is 1.48 bits per heavy atom. The van der Waals surface area contributed by atoms with Crippen LogP contribution in [0.3, 0.4) is 0 Å². The Morgan fingerprint density at radius 1 is 0.657 bits per heavy atom. The van der Waals surface area contributed by atoms with Crippen LogP contribution in [0.25, 0.3) is 16.7 Å². The summed E-state index contributed by atoms with van der Waals surface area (Å²) in [6.07, 6.45) is 36.5. The minimum absolute atomic E-state index is 0.00370. The normalized spacial score (nSPS) is 31.4. The molecule has 0 aliphatic heterocycles. The van der Waals surface area contributed by atoms with Crippen molar-refractivity contribution in [3.63, 3.8) is 0 Å². The summed E-state index contributed by atoms with van der Waals surface area (Å²) >= 11 is 0. The second-order valence-electron chi connectivity index (χ2n) is 24.2. The van der Waals surface area contributed by atoms with Gasteiger partial charge in [-0.15, -0.1) is 0 Å². The molecule has 0 saturated heterocycles. The van der Waals surface area contributed by atoms with Gasteiger partial charge < -0.3 is 0 Å². The fourth-order valence-corrected chi connectivity index (χ4v) is 16.3. The van der Waals surface area contributed by atoms with Crippen LogP contribution in [-0.4, -0.2) is 0 Å². The standard InChI is InChI=1S/C67H66/c1-37-38(2)46-25-21-39(29-51(46)47-16-10-9-15-45(37)47)40-22-26-48-52(30-40)56-34-44(42-24-28-60-54(32-42)50-18-12-14-20-58(50)66(60,5)6)36-62-64(56)63-55(48)33-43(35-61(63)67(62,7)8)41-23-27-59-53(31-41)49-17-11-13-19-57(49)65(59,3)4/h9,11-15,17-23,26-27,29-30,32-35,37-38,46,48,52-53,62H,10,16,24-25,28,31,36H2,1-8H3. The Labute approximate surface area is 400 Å². The molecule has 0 spiro atoms. The van der Waals surface area contributed by atoms with Crippen molar-refractivity contribution in [3.8, 4) is 0 Å². The molecule has 0 bridgehead atoms.